The van der Waals surface area contributed by atoms with E-state index in [0.29, 0.717) is 5.69 Å². The molecule has 0 radical (unpaired) electrons. The molecule has 13 heavy (non-hydrogen) atoms. The van der Waals surface area contributed by atoms with Crippen LogP contribution in [0.2, 0.25) is 0 Å². The number of aromatic nitrogens is 2. The lowest BCUT2D eigenvalue weighted by atomic mass is 10.3. The summed E-state index contributed by atoms with van der Waals surface area (Å²) in [4.78, 5) is 1.89. The Hall–Kier alpha value is -1.07. The maximum atomic E-state index is 9.50. The number of hydrogen-bond donors (Lipinski definition) is 2. The van der Waals surface area contributed by atoms with Gasteiger partial charge in [0.15, 0.2) is 0 Å². The molecular weight excluding hydrogens is 168 g/mol. The molecule has 0 bridgehead atoms. The van der Waals surface area contributed by atoms with Gasteiger partial charge in [0.25, 0.3) is 0 Å². The fourth-order valence-corrected chi connectivity index (χ4v) is 1.39. The van der Waals surface area contributed by atoms with Crippen LogP contribution in [0, 0.1) is 0 Å². The molecule has 1 aromatic heterocycles. The van der Waals surface area contributed by atoms with E-state index in [2.05, 4.69) is 5.10 Å². The van der Waals surface area contributed by atoms with E-state index in [9.17, 15) is 5.11 Å². The minimum Gasteiger partial charge on any atom is -0.396 e. The van der Waals surface area contributed by atoms with Gasteiger partial charge in [0.05, 0.1) is 18.0 Å². The van der Waals surface area contributed by atoms with E-state index in [1.54, 1.807) is 24.0 Å². The molecular formula is C8H16N4O. The lowest BCUT2D eigenvalue weighted by Gasteiger charge is -2.26. The first kappa shape index (κ1) is 10.0. The SMILES string of the molecule is CC(O)C(N(C)C)n1cc(N)cn1. The van der Waals surface area contributed by atoms with Crippen molar-refractivity contribution in [3.8, 4) is 0 Å². The van der Waals surface area contributed by atoms with Crippen LogP contribution in [0.3, 0.4) is 0 Å². The standard InChI is InChI=1S/C8H16N4O/c1-6(13)8(11(2)3)12-5-7(9)4-10-12/h4-6,8,13H,9H2,1-3H3. The molecule has 1 aromatic rings. The largest absolute Gasteiger partial charge is 0.396 e. The number of nitrogens with zero attached hydrogens (tertiary/aromatic N) is 3. The summed E-state index contributed by atoms with van der Waals surface area (Å²) < 4.78 is 1.65. The van der Waals surface area contributed by atoms with Gasteiger partial charge >= 0.3 is 0 Å². The molecule has 1 rings (SSSR count). The number of rotatable bonds is 3. The van der Waals surface area contributed by atoms with E-state index in [1.165, 1.54) is 0 Å². The molecule has 0 aliphatic carbocycles. The van der Waals surface area contributed by atoms with Gasteiger partial charge < -0.3 is 10.8 Å². The third-order valence-electron chi connectivity index (χ3n) is 1.85. The Labute approximate surface area is 77.8 Å². The molecule has 0 saturated carbocycles. The molecule has 5 nitrogen and oxygen atoms in total. The minimum atomic E-state index is -0.491. The second kappa shape index (κ2) is 3.76. The van der Waals surface area contributed by atoms with E-state index in [0.717, 1.165) is 0 Å². The summed E-state index contributed by atoms with van der Waals surface area (Å²) in [7, 11) is 3.77. The summed E-state index contributed by atoms with van der Waals surface area (Å²) in [6.07, 6.45) is 2.61. The van der Waals surface area contributed by atoms with Crippen molar-refractivity contribution in [3.05, 3.63) is 12.4 Å². The molecule has 2 unspecified atom stereocenters. The van der Waals surface area contributed by atoms with Crippen LogP contribution in [0.4, 0.5) is 5.69 Å². The van der Waals surface area contributed by atoms with Gasteiger partial charge in [-0.15, -0.1) is 0 Å². The van der Waals surface area contributed by atoms with E-state index in [1.807, 2.05) is 19.0 Å². The van der Waals surface area contributed by atoms with Crippen LogP contribution in [0.5, 0.6) is 0 Å². The van der Waals surface area contributed by atoms with Gasteiger partial charge in [0.1, 0.15) is 6.17 Å². The smallest absolute Gasteiger partial charge is 0.129 e. The zero-order valence-corrected chi connectivity index (χ0v) is 8.18. The molecule has 0 amide bonds. The van der Waals surface area contributed by atoms with Crippen LogP contribution in [0.15, 0.2) is 12.4 Å². The van der Waals surface area contributed by atoms with E-state index in [4.69, 9.17) is 5.73 Å². The van der Waals surface area contributed by atoms with Crippen molar-refractivity contribution < 1.29 is 5.11 Å². The Kier molecular flexibility index (Phi) is 2.90. The van der Waals surface area contributed by atoms with Crippen LogP contribution in [0.1, 0.15) is 13.1 Å². The highest BCUT2D eigenvalue weighted by molar-refractivity contribution is 5.30. The maximum absolute atomic E-state index is 9.50. The van der Waals surface area contributed by atoms with E-state index >= 15 is 0 Å². The molecule has 0 saturated heterocycles. The Balaban J connectivity index is 2.88. The molecule has 0 aromatic carbocycles. The monoisotopic (exact) mass is 184 g/mol. The normalized spacial score (nSPS) is 16.1. The second-order valence-corrected chi connectivity index (χ2v) is 3.37. The van der Waals surface area contributed by atoms with Crippen LogP contribution in [-0.2, 0) is 0 Å². The predicted molar refractivity (Wildman–Crippen MR) is 51.0 cm³/mol. The van der Waals surface area contributed by atoms with Gasteiger partial charge in [0.2, 0.25) is 0 Å². The van der Waals surface area contributed by atoms with Crippen LogP contribution < -0.4 is 5.73 Å². The first-order chi connectivity index (χ1) is 6.02. The van der Waals surface area contributed by atoms with E-state index < -0.39 is 6.10 Å². The summed E-state index contributed by atoms with van der Waals surface area (Å²) in [5.74, 6) is 0. The predicted octanol–water partition coefficient (Wildman–Crippen LogP) is -0.0937. The van der Waals surface area contributed by atoms with Crippen molar-refractivity contribution in [2.75, 3.05) is 19.8 Å². The summed E-state index contributed by atoms with van der Waals surface area (Å²) in [6, 6.07) is 0. The van der Waals surface area contributed by atoms with Crippen molar-refractivity contribution in [1.82, 2.24) is 14.7 Å². The fourth-order valence-electron chi connectivity index (χ4n) is 1.39. The Morgan fingerprint density at radius 3 is 2.54 bits per heavy atom. The van der Waals surface area contributed by atoms with Gasteiger partial charge in [-0.05, 0) is 21.0 Å². The van der Waals surface area contributed by atoms with Crippen molar-refractivity contribution in [3.63, 3.8) is 0 Å². The van der Waals surface area contributed by atoms with Crippen LogP contribution in [0.25, 0.3) is 0 Å². The van der Waals surface area contributed by atoms with Crippen molar-refractivity contribution in [2.45, 2.75) is 19.2 Å². The number of nitrogen functional groups attached to an aromatic ring is 1. The highest BCUT2D eigenvalue weighted by atomic mass is 16.3. The minimum absolute atomic E-state index is 0.169. The average Bonchev–Trinajstić information content (AvgIpc) is 2.34. The van der Waals surface area contributed by atoms with Crippen LogP contribution in [-0.4, -0.2) is 40.0 Å². The number of likely N-dealkylation sites (N-methyl/N-ethyl adjacent to an activating group) is 1. The second-order valence-electron chi connectivity index (χ2n) is 3.37. The van der Waals surface area contributed by atoms with Crippen LogP contribution >= 0.6 is 0 Å². The van der Waals surface area contributed by atoms with Gasteiger partial charge in [-0.2, -0.15) is 5.10 Å². The fraction of sp³-hybridized carbons (Fsp3) is 0.625. The summed E-state index contributed by atoms with van der Waals surface area (Å²) >= 11 is 0. The molecule has 1 heterocycles. The molecule has 5 heteroatoms. The highest BCUT2D eigenvalue weighted by Crippen LogP contribution is 2.14. The van der Waals surface area contributed by atoms with Crippen molar-refractivity contribution >= 4 is 5.69 Å². The Bertz CT molecular complexity index is 261. The quantitative estimate of drug-likeness (QED) is 0.688. The first-order valence-electron chi connectivity index (χ1n) is 4.16. The van der Waals surface area contributed by atoms with E-state index in [-0.39, 0.29) is 6.17 Å². The molecule has 74 valence electrons. The summed E-state index contributed by atoms with van der Waals surface area (Å²) in [5, 5.41) is 13.6. The third kappa shape index (κ3) is 2.19. The molecule has 0 spiro atoms. The zero-order chi connectivity index (χ0) is 10.0. The summed E-state index contributed by atoms with van der Waals surface area (Å²) in [5.41, 5.74) is 6.14. The average molecular weight is 184 g/mol. The number of aliphatic hydroxyl groups excluding tert-OH is 1. The molecule has 2 atom stereocenters. The summed E-state index contributed by atoms with van der Waals surface area (Å²) in [6.45, 7) is 1.72. The zero-order valence-electron chi connectivity index (χ0n) is 8.18. The Morgan fingerprint density at radius 2 is 2.23 bits per heavy atom. The number of hydrogen-bond acceptors (Lipinski definition) is 4. The Morgan fingerprint density at radius 1 is 1.62 bits per heavy atom. The maximum Gasteiger partial charge on any atom is 0.129 e. The topological polar surface area (TPSA) is 67.3 Å². The molecule has 0 aliphatic heterocycles. The molecule has 0 fully saturated rings. The number of nitrogens with two attached hydrogens (primary N) is 1. The van der Waals surface area contributed by atoms with Gasteiger partial charge in [-0.1, -0.05) is 0 Å². The highest BCUT2D eigenvalue weighted by Gasteiger charge is 2.19. The third-order valence-corrected chi connectivity index (χ3v) is 1.85. The number of anilines is 1. The number of aliphatic hydroxyl groups is 1. The van der Waals surface area contributed by atoms with Gasteiger partial charge in [-0.3, -0.25) is 9.58 Å². The van der Waals surface area contributed by atoms with Crippen molar-refractivity contribution in [2.24, 2.45) is 0 Å². The first-order valence-corrected chi connectivity index (χ1v) is 4.16. The molecule has 0 aliphatic rings. The van der Waals surface area contributed by atoms with Gasteiger partial charge in [-0.25, -0.2) is 0 Å². The lowest BCUT2D eigenvalue weighted by molar-refractivity contribution is 0.0394. The molecule has 3 N–H and O–H groups in total. The van der Waals surface area contributed by atoms with Gasteiger partial charge in [0, 0.05) is 6.20 Å². The van der Waals surface area contributed by atoms with Crippen molar-refractivity contribution in [1.29, 1.82) is 0 Å². The lowest BCUT2D eigenvalue weighted by Crippen LogP contribution is -2.34.